The molecular weight excluding hydrogens is 380 g/mol. The van der Waals surface area contributed by atoms with Gasteiger partial charge in [0.25, 0.3) is 0 Å². The first kappa shape index (κ1) is 22.4. The third-order valence-corrected chi connectivity index (χ3v) is 6.52. The van der Waals surface area contributed by atoms with Gasteiger partial charge < -0.3 is 15.6 Å². The Labute approximate surface area is 179 Å². The lowest BCUT2D eigenvalue weighted by Gasteiger charge is -2.37. The van der Waals surface area contributed by atoms with Crippen LogP contribution in [0.2, 0.25) is 0 Å². The molecule has 3 N–H and O–H groups in total. The van der Waals surface area contributed by atoms with Gasteiger partial charge in [-0.15, -0.1) is 0 Å². The van der Waals surface area contributed by atoms with E-state index in [1.165, 1.54) is 38.2 Å². The molecule has 0 spiro atoms. The van der Waals surface area contributed by atoms with Crippen LogP contribution in [0.25, 0.3) is 10.9 Å². The van der Waals surface area contributed by atoms with Gasteiger partial charge >= 0.3 is 0 Å². The highest BCUT2D eigenvalue weighted by Gasteiger charge is 2.30. The van der Waals surface area contributed by atoms with Crippen LogP contribution in [0.15, 0.2) is 42.9 Å². The standard InChI is InChI=1S/C25H35F2N3/c1-16-7-6-8-17(2)14-25(5,13-16)9-10-28-18(3)19(4)30-24-15-29-23-12-22(27)21(26)11-20(23)24/h11-12,15-17,28-30H,3-4,6-10,13-14H2,1-2,5H3/t16-,17+,25?. The van der Waals surface area contributed by atoms with Crippen molar-refractivity contribution in [3.8, 4) is 0 Å². The minimum absolute atomic E-state index is 0.333. The first-order chi connectivity index (χ1) is 14.2. The van der Waals surface area contributed by atoms with Crippen LogP contribution in [-0.4, -0.2) is 11.5 Å². The van der Waals surface area contributed by atoms with Crippen LogP contribution in [0.5, 0.6) is 0 Å². The molecule has 1 aromatic carbocycles. The monoisotopic (exact) mass is 415 g/mol. The summed E-state index contributed by atoms with van der Waals surface area (Å²) in [5.74, 6) is -0.195. The van der Waals surface area contributed by atoms with Crippen molar-refractivity contribution in [1.29, 1.82) is 0 Å². The van der Waals surface area contributed by atoms with Gasteiger partial charge in [-0.05, 0) is 42.6 Å². The van der Waals surface area contributed by atoms with Crippen LogP contribution in [0, 0.1) is 28.9 Å². The Morgan fingerprint density at radius 2 is 1.73 bits per heavy atom. The van der Waals surface area contributed by atoms with E-state index in [-0.39, 0.29) is 0 Å². The molecule has 1 aliphatic carbocycles. The molecule has 5 heteroatoms. The lowest BCUT2D eigenvalue weighted by molar-refractivity contribution is 0.151. The van der Waals surface area contributed by atoms with Crippen molar-refractivity contribution >= 4 is 16.6 Å². The number of hydrogen-bond donors (Lipinski definition) is 3. The highest BCUT2D eigenvalue weighted by molar-refractivity contribution is 5.93. The topological polar surface area (TPSA) is 39.8 Å². The molecule has 1 heterocycles. The molecule has 2 aromatic rings. The zero-order valence-corrected chi connectivity index (χ0v) is 18.5. The van der Waals surface area contributed by atoms with Crippen LogP contribution < -0.4 is 10.6 Å². The minimum Gasteiger partial charge on any atom is -0.384 e. The summed E-state index contributed by atoms with van der Waals surface area (Å²) in [6.45, 7) is 16.2. The fourth-order valence-electron chi connectivity index (χ4n) is 5.07. The van der Waals surface area contributed by atoms with Crippen LogP contribution in [0.1, 0.15) is 59.3 Å². The van der Waals surface area contributed by atoms with Crippen LogP contribution >= 0.6 is 0 Å². The lowest BCUT2D eigenvalue weighted by Crippen LogP contribution is -2.29. The van der Waals surface area contributed by atoms with Gasteiger partial charge in [0.05, 0.1) is 16.9 Å². The summed E-state index contributed by atoms with van der Waals surface area (Å²) in [6, 6.07) is 2.34. The summed E-state index contributed by atoms with van der Waals surface area (Å²) in [5.41, 5.74) is 2.84. The number of aromatic nitrogens is 1. The molecule has 3 nitrogen and oxygen atoms in total. The first-order valence-electron chi connectivity index (χ1n) is 11.0. The van der Waals surface area contributed by atoms with Crippen molar-refractivity contribution < 1.29 is 8.78 Å². The summed E-state index contributed by atoms with van der Waals surface area (Å²) in [5, 5.41) is 7.14. The van der Waals surface area contributed by atoms with E-state index >= 15 is 0 Å². The van der Waals surface area contributed by atoms with Crippen molar-refractivity contribution in [3.05, 3.63) is 54.5 Å². The fraction of sp³-hybridized carbons (Fsp3) is 0.520. The zero-order chi connectivity index (χ0) is 21.9. The molecule has 0 radical (unpaired) electrons. The van der Waals surface area contributed by atoms with E-state index in [4.69, 9.17) is 0 Å². The predicted octanol–water partition coefficient (Wildman–Crippen LogP) is 7.11. The predicted molar refractivity (Wildman–Crippen MR) is 122 cm³/mol. The minimum atomic E-state index is -0.872. The van der Waals surface area contributed by atoms with Crippen LogP contribution in [0.4, 0.5) is 14.5 Å². The number of rotatable bonds is 7. The molecule has 30 heavy (non-hydrogen) atoms. The van der Waals surface area contributed by atoms with E-state index in [9.17, 15) is 8.78 Å². The Hall–Kier alpha value is -2.30. The molecule has 1 aromatic heterocycles. The van der Waals surface area contributed by atoms with Crippen LogP contribution in [-0.2, 0) is 0 Å². The van der Waals surface area contributed by atoms with E-state index in [2.05, 4.69) is 49.5 Å². The molecule has 164 valence electrons. The normalized spacial score (nSPS) is 24.8. The largest absolute Gasteiger partial charge is 0.384 e. The van der Waals surface area contributed by atoms with Gasteiger partial charge in [0.2, 0.25) is 0 Å². The second kappa shape index (κ2) is 9.23. The third-order valence-electron chi connectivity index (χ3n) is 6.52. The second-order valence-corrected chi connectivity index (χ2v) is 9.63. The number of halogens is 2. The van der Waals surface area contributed by atoms with E-state index in [1.807, 2.05) is 0 Å². The molecule has 1 fully saturated rings. The molecular formula is C25H35F2N3. The summed E-state index contributed by atoms with van der Waals surface area (Å²) < 4.78 is 27.0. The summed E-state index contributed by atoms with van der Waals surface area (Å²) >= 11 is 0. The second-order valence-electron chi connectivity index (χ2n) is 9.63. The maximum atomic E-state index is 13.6. The number of aromatic amines is 1. The highest BCUT2D eigenvalue weighted by Crippen LogP contribution is 2.41. The molecule has 0 amide bonds. The van der Waals surface area contributed by atoms with Crippen molar-refractivity contribution in [2.24, 2.45) is 17.3 Å². The molecule has 1 unspecified atom stereocenters. The van der Waals surface area contributed by atoms with Gasteiger partial charge in [-0.2, -0.15) is 0 Å². The number of nitrogens with one attached hydrogen (secondary N) is 3. The van der Waals surface area contributed by atoms with Crippen molar-refractivity contribution in [2.45, 2.75) is 59.3 Å². The third kappa shape index (κ3) is 5.44. The van der Waals surface area contributed by atoms with E-state index in [0.29, 0.717) is 33.4 Å². The summed E-state index contributed by atoms with van der Waals surface area (Å²) in [4.78, 5) is 2.95. The van der Waals surface area contributed by atoms with Gasteiger partial charge in [0.15, 0.2) is 11.6 Å². The average molecular weight is 416 g/mol. The molecule has 3 atom stereocenters. The Bertz CT molecular complexity index is 902. The van der Waals surface area contributed by atoms with E-state index in [1.54, 1.807) is 6.20 Å². The molecule has 1 saturated carbocycles. The molecule has 0 saturated heterocycles. The van der Waals surface area contributed by atoms with Gasteiger partial charge in [0, 0.05) is 29.9 Å². The molecule has 0 aliphatic heterocycles. The molecule has 3 rings (SSSR count). The molecule has 1 aliphatic rings. The van der Waals surface area contributed by atoms with E-state index in [0.717, 1.165) is 30.9 Å². The number of fused-ring (bicyclic) bond motifs is 1. The first-order valence-corrected chi connectivity index (χ1v) is 11.0. The van der Waals surface area contributed by atoms with Gasteiger partial charge in [-0.25, -0.2) is 8.78 Å². The Morgan fingerprint density at radius 3 is 2.40 bits per heavy atom. The molecule has 0 bridgehead atoms. The maximum Gasteiger partial charge on any atom is 0.160 e. The summed E-state index contributed by atoms with van der Waals surface area (Å²) in [7, 11) is 0. The number of hydrogen-bond acceptors (Lipinski definition) is 2. The Morgan fingerprint density at radius 1 is 1.10 bits per heavy atom. The van der Waals surface area contributed by atoms with Crippen molar-refractivity contribution in [3.63, 3.8) is 0 Å². The highest BCUT2D eigenvalue weighted by atomic mass is 19.2. The SMILES string of the molecule is C=C(NCCC1(C)C[C@H](C)CCC[C@H](C)C1)C(=C)Nc1c[nH]c2cc(F)c(F)cc12. The number of H-pyrrole nitrogens is 1. The van der Waals surface area contributed by atoms with Crippen LogP contribution in [0.3, 0.4) is 0 Å². The van der Waals surface area contributed by atoms with Gasteiger partial charge in [0.1, 0.15) is 0 Å². The zero-order valence-electron chi connectivity index (χ0n) is 18.5. The average Bonchev–Trinajstić information content (AvgIpc) is 3.02. The van der Waals surface area contributed by atoms with Crippen molar-refractivity contribution in [2.75, 3.05) is 11.9 Å². The van der Waals surface area contributed by atoms with Crippen molar-refractivity contribution in [1.82, 2.24) is 10.3 Å². The van der Waals surface area contributed by atoms with Gasteiger partial charge in [-0.1, -0.05) is 53.2 Å². The number of benzene rings is 1. The number of anilines is 1. The maximum absolute atomic E-state index is 13.6. The quantitative estimate of drug-likeness (QED) is 0.422. The Kier molecular flexibility index (Phi) is 6.89. The Balaban J connectivity index is 1.56. The fourth-order valence-corrected chi connectivity index (χ4v) is 5.07. The smallest absolute Gasteiger partial charge is 0.160 e. The van der Waals surface area contributed by atoms with Gasteiger partial charge in [-0.3, -0.25) is 0 Å². The lowest BCUT2D eigenvalue weighted by atomic mass is 9.69. The van der Waals surface area contributed by atoms with E-state index < -0.39 is 11.6 Å². The summed E-state index contributed by atoms with van der Waals surface area (Å²) in [6.07, 6.45) is 9.31.